The topological polar surface area (TPSA) is 40.6 Å². The van der Waals surface area contributed by atoms with E-state index in [4.69, 9.17) is 11.6 Å². The van der Waals surface area contributed by atoms with Gasteiger partial charge < -0.3 is 0 Å². The van der Waals surface area contributed by atoms with Gasteiger partial charge in [-0.05, 0) is 67.0 Å². The number of carbonyl (C=O) groups is 2. The van der Waals surface area contributed by atoms with Crippen LogP contribution in [0.1, 0.15) is 41.5 Å². The summed E-state index contributed by atoms with van der Waals surface area (Å²) in [7, 11) is 0. The van der Waals surface area contributed by atoms with E-state index in [-0.39, 0.29) is 17.9 Å². The summed E-state index contributed by atoms with van der Waals surface area (Å²) < 4.78 is 0.596. The minimum absolute atomic E-state index is 0.192. The maximum atomic E-state index is 13.1. The van der Waals surface area contributed by atoms with Crippen molar-refractivity contribution in [2.24, 2.45) is 0 Å². The summed E-state index contributed by atoms with van der Waals surface area (Å²) >= 11 is 9.35. The number of benzene rings is 2. The number of hydrogen-bond acceptors (Lipinski definition) is 2. The third kappa shape index (κ3) is 4.41. The highest BCUT2D eigenvalue weighted by atomic mass is 79.9. The minimum atomic E-state index is -0.260. The van der Waals surface area contributed by atoms with Crippen LogP contribution in [-0.4, -0.2) is 34.4 Å². The standard InChI is InChI=1S/C19H20BrClN2O2/c1-4-22(18(24)14-8-6-5-7-9-14)23(13(2)3)19(25)16-11-10-15(21)12-17(16)20/h5-13H,4H2,1-3H3. The first-order chi connectivity index (χ1) is 11.9. The van der Waals surface area contributed by atoms with Crippen LogP contribution in [0.2, 0.25) is 5.02 Å². The second kappa shape index (κ2) is 8.50. The third-order valence-corrected chi connectivity index (χ3v) is 4.56. The molecular weight excluding hydrogens is 404 g/mol. The lowest BCUT2D eigenvalue weighted by atomic mass is 10.1. The molecule has 6 heteroatoms. The molecule has 0 spiro atoms. The fourth-order valence-corrected chi connectivity index (χ4v) is 3.39. The Hall–Kier alpha value is -1.85. The van der Waals surface area contributed by atoms with Crippen molar-refractivity contribution in [3.05, 3.63) is 69.2 Å². The average molecular weight is 424 g/mol. The number of halogens is 2. The molecule has 0 aromatic heterocycles. The highest BCUT2D eigenvalue weighted by molar-refractivity contribution is 9.10. The van der Waals surface area contributed by atoms with Crippen LogP contribution in [0.3, 0.4) is 0 Å². The summed E-state index contributed by atoms with van der Waals surface area (Å²) in [6.07, 6.45) is 0. The zero-order valence-corrected chi connectivity index (χ0v) is 16.7. The summed E-state index contributed by atoms with van der Waals surface area (Å²) in [5.41, 5.74) is 0.996. The van der Waals surface area contributed by atoms with Gasteiger partial charge in [0.05, 0.1) is 5.56 Å². The minimum Gasteiger partial charge on any atom is -0.267 e. The Balaban J connectivity index is 2.41. The zero-order chi connectivity index (χ0) is 18.6. The lowest BCUT2D eigenvalue weighted by Crippen LogP contribution is -2.53. The molecule has 0 heterocycles. The smallest absolute Gasteiger partial charge is 0.267 e. The largest absolute Gasteiger partial charge is 0.273 e. The van der Waals surface area contributed by atoms with Crippen LogP contribution < -0.4 is 0 Å². The molecule has 0 radical (unpaired) electrons. The molecular formula is C19H20BrClN2O2. The molecule has 0 atom stereocenters. The van der Waals surface area contributed by atoms with Gasteiger partial charge in [-0.2, -0.15) is 0 Å². The normalized spacial score (nSPS) is 10.6. The van der Waals surface area contributed by atoms with E-state index in [0.29, 0.717) is 27.2 Å². The quantitative estimate of drug-likeness (QED) is 0.647. The molecule has 0 fully saturated rings. The van der Waals surface area contributed by atoms with E-state index in [1.54, 1.807) is 42.5 Å². The van der Waals surface area contributed by atoms with Crippen LogP contribution in [0.5, 0.6) is 0 Å². The fraction of sp³-hybridized carbons (Fsp3) is 0.263. The van der Waals surface area contributed by atoms with Crippen LogP contribution in [0.4, 0.5) is 0 Å². The van der Waals surface area contributed by atoms with E-state index < -0.39 is 0 Å². The lowest BCUT2D eigenvalue weighted by Gasteiger charge is -2.37. The van der Waals surface area contributed by atoms with Crippen molar-refractivity contribution < 1.29 is 9.59 Å². The molecule has 0 saturated carbocycles. The maximum absolute atomic E-state index is 13.1. The molecule has 0 unspecified atom stereocenters. The van der Waals surface area contributed by atoms with Crippen LogP contribution in [-0.2, 0) is 0 Å². The van der Waals surface area contributed by atoms with Gasteiger partial charge in [-0.1, -0.05) is 29.8 Å². The van der Waals surface area contributed by atoms with Crippen molar-refractivity contribution >= 4 is 39.3 Å². The van der Waals surface area contributed by atoms with Gasteiger partial charge in [0, 0.05) is 27.6 Å². The van der Waals surface area contributed by atoms with Gasteiger partial charge in [0.1, 0.15) is 0 Å². The number of carbonyl (C=O) groups excluding carboxylic acids is 2. The van der Waals surface area contributed by atoms with Gasteiger partial charge >= 0.3 is 0 Å². The van der Waals surface area contributed by atoms with Gasteiger partial charge in [-0.3, -0.25) is 9.59 Å². The molecule has 2 amide bonds. The highest BCUT2D eigenvalue weighted by Crippen LogP contribution is 2.24. The van der Waals surface area contributed by atoms with Crippen LogP contribution in [0.15, 0.2) is 53.0 Å². The van der Waals surface area contributed by atoms with Gasteiger partial charge in [-0.25, -0.2) is 10.0 Å². The van der Waals surface area contributed by atoms with Crippen molar-refractivity contribution in [2.45, 2.75) is 26.8 Å². The van der Waals surface area contributed by atoms with Crippen LogP contribution >= 0.6 is 27.5 Å². The van der Waals surface area contributed by atoms with Crippen LogP contribution in [0, 0.1) is 0 Å². The molecule has 132 valence electrons. The Labute approximate surface area is 161 Å². The number of hydrogen-bond donors (Lipinski definition) is 0. The van der Waals surface area contributed by atoms with Crippen molar-refractivity contribution in [1.82, 2.24) is 10.0 Å². The Kier molecular flexibility index (Phi) is 6.62. The van der Waals surface area contributed by atoms with Gasteiger partial charge in [0.15, 0.2) is 0 Å². The van der Waals surface area contributed by atoms with E-state index in [1.807, 2.05) is 26.8 Å². The van der Waals surface area contributed by atoms with Gasteiger partial charge in [0.2, 0.25) is 0 Å². The van der Waals surface area contributed by atoms with E-state index in [1.165, 1.54) is 10.0 Å². The van der Waals surface area contributed by atoms with Crippen molar-refractivity contribution in [3.63, 3.8) is 0 Å². The second-order valence-electron chi connectivity index (χ2n) is 5.75. The Morgan fingerprint density at radius 2 is 1.72 bits per heavy atom. The first-order valence-corrected chi connectivity index (χ1v) is 9.19. The van der Waals surface area contributed by atoms with E-state index in [9.17, 15) is 9.59 Å². The predicted molar refractivity (Wildman–Crippen MR) is 104 cm³/mol. The Bertz CT molecular complexity index is 765. The monoisotopic (exact) mass is 422 g/mol. The molecule has 2 rings (SSSR count). The Morgan fingerprint density at radius 3 is 2.24 bits per heavy atom. The molecule has 2 aromatic carbocycles. The average Bonchev–Trinajstić information content (AvgIpc) is 2.59. The summed E-state index contributed by atoms with van der Waals surface area (Å²) in [4.78, 5) is 26.0. The van der Waals surface area contributed by atoms with E-state index >= 15 is 0 Å². The molecule has 0 aliphatic rings. The molecule has 0 bridgehead atoms. The molecule has 0 saturated heterocycles. The van der Waals surface area contributed by atoms with Crippen molar-refractivity contribution in [3.8, 4) is 0 Å². The molecule has 25 heavy (non-hydrogen) atoms. The van der Waals surface area contributed by atoms with Gasteiger partial charge in [-0.15, -0.1) is 0 Å². The summed E-state index contributed by atoms with van der Waals surface area (Å²) in [6, 6.07) is 13.7. The highest BCUT2D eigenvalue weighted by Gasteiger charge is 2.29. The molecule has 2 aromatic rings. The number of rotatable bonds is 4. The molecule has 0 aliphatic carbocycles. The summed E-state index contributed by atoms with van der Waals surface area (Å²) in [6.45, 7) is 5.98. The van der Waals surface area contributed by atoms with Crippen LogP contribution in [0.25, 0.3) is 0 Å². The Morgan fingerprint density at radius 1 is 1.08 bits per heavy atom. The third-order valence-electron chi connectivity index (χ3n) is 3.67. The first-order valence-electron chi connectivity index (χ1n) is 8.02. The SMILES string of the molecule is CCN(C(=O)c1ccccc1)N(C(=O)c1ccc(Cl)cc1Br)C(C)C. The van der Waals surface area contributed by atoms with Crippen molar-refractivity contribution in [1.29, 1.82) is 0 Å². The summed E-state index contributed by atoms with van der Waals surface area (Å²) in [5, 5.41) is 3.50. The van der Waals surface area contributed by atoms with E-state index in [2.05, 4.69) is 15.9 Å². The first kappa shape index (κ1) is 19.5. The molecule has 0 N–H and O–H groups in total. The second-order valence-corrected chi connectivity index (χ2v) is 7.05. The zero-order valence-electron chi connectivity index (χ0n) is 14.4. The predicted octanol–water partition coefficient (Wildman–Crippen LogP) is 5.03. The number of amides is 2. The number of hydrazine groups is 1. The maximum Gasteiger partial charge on any atom is 0.273 e. The van der Waals surface area contributed by atoms with E-state index in [0.717, 1.165) is 0 Å². The fourth-order valence-electron chi connectivity index (χ4n) is 2.53. The molecule has 4 nitrogen and oxygen atoms in total. The molecule has 0 aliphatic heterocycles. The summed E-state index contributed by atoms with van der Waals surface area (Å²) in [5.74, 6) is -0.472. The van der Waals surface area contributed by atoms with Gasteiger partial charge in [0.25, 0.3) is 11.8 Å². The number of nitrogens with zero attached hydrogens (tertiary/aromatic N) is 2. The van der Waals surface area contributed by atoms with Crippen molar-refractivity contribution in [2.75, 3.05) is 6.54 Å². The lowest BCUT2D eigenvalue weighted by molar-refractivity contribution is -0.0149.